The first kappa shape index (κ1) is 20.5. The molecule has 3 rings (SSSR count). The molecule has 1 aliphatic heterocycles. The van der Waals surface area contributed by atoms with Crippen LogP contribution in [-0.2, 0) is 10.4 Å². The topological polar surface area (TPSA) is 56.7 Å². The minimum atomic E-state index is -4.96. The number of aryl methyl sites for hydroxylation is 1. The standard InChI is InChI=1S/C18H26F3N3O2S/c1-13-12-27-16(22-13)17(26,18(19,20)21)11-15(25)24-9-7-23(8-10-24)14-5-3-2-4-6-14/h12,14,26H,2-11H2,1H3. The van der Waals surface area contributed by atoms with E-state index >= 15 is 0 Å². The number of hydrogen-bond donors (Lipinski definition) is 1. The first-order valence-corrected chi connectivity index (χ1v) is 10.3. The van der Waals surface area contributed by atoms with Crippen molar-refractivity contribution < 1.29 is 23.1 Å². The highest BCUT2D eigenvalue weighted by Gasteiger charge is 2.58. The molecule has 1 atom stereocenters. The Morgan fingerprint density at radius 1 is 1.22 bits per heavy atom. The molecule has 9 heteroatoms. The number of carbonyl (C=O) groups excluding carboxylic acids is 1. The van der Waals surface area contributed by atoms with Gasteiger partial charge < -0.3 is 10.0 Å². The molecule has 0 aromatic carbocycles. The van der Waals surface area contributed by atoms with E-state index in [-0.39, 0.29) is 0 Å². The summed E-state index contributed by atoms with van der Waals surface area (Å²) in [5.74, 6) is -0.675. The molecule has 1 saturated carbocycles. The van der Waals surface area contributed by atoms with Crippen molar-refractivity contribution in [3.63, 3.8) is 0 Å². The maximum atomic E-state index is 13.6. The minimum absolute atomic E-state index is 0.395. The van der Waals surface area contributed by atoms with Gasteiger partial charge in [-0.15, -0.1) is 11.3 Å². The summed E-state index contributed by atoms with van der Waals surface area (Å²) in [4.78, 5) is 20.1. The number of thiazole rings is 1. The molecule has 27 heavy (non-hydrogen) atoms. The van der Waals surface area contributed by atoms with Crippen molar-refractivity contribution in [1.29, 1.82) is 0 Å². The molecule has 152 valence electrons. The van der Waals surface area contributed by atoms with Crippen LogP contribution < -0.4 is 0 Å². The van der Waals surface area contributed by atoms with Gasteiger partial charge in [-0.1, -0.05) is 19.3 Å². The second kappa shape index (κ2) is 8.05. The van der Waals surface area contributed by atoms with Crippen molar-refractivity contribution in [2.24, 2.45) is 0 Å². The van der Waals surface area contributed by atoms with Crippen molar-refractivity contribution in [2.45, 2.75) is 63.3 Å². The predicted molar refractivity (Wildman–Crippen MR) is 96.4 cm³/mol. The molecule has 1 saturated heterocycles. The number of aromatic nitrogens is 1. The number of alkyl halides is 3. The van der Waals surface area contributed by atoms with Crippen LogP contribution in [0.15, 0.2) is 5.38 Å². The van der Waals surface area contributed by atoms with Gasteiger partial charge >= 0.3 is 6.18 Å². The lowest BCUT2D eigenvalue weighted by atomic mass is 9.93. The van der Waals surface area contributed by atoms with Crippen LogP contribution in [0.1, 0.15) is 49.2 Å². The Morgan fingerprint density at radius 2 is 1.85 bits per heavy atom. The number of halogens is 3. The van der Waals surface area contributed by atoms with E-state index in [1.54, 1.807) is 6.92 Å². The van der Waals surface area contributed by atoms with Gasteiger partial charge in [-0.05, 0) is 19.8 Å². The van der Waals surface area contributed by atoms with Crippen molar-refractivity contribution in [3.05, 3.63) is 16.1 Å². The molecule has 1 aliphatic carbocycles. The van der Waals surface area contributed by atoms with Gasteiger partial charge in [0.1, 0.15) is 5.01 Å². The molecule has 2 fully saturated rings. The lowest BCUT2D eigenvalue weighted by molar-refractivity contribution is -0.268. The zero-order chi connectivity index (χ0) is 19.7. The molecule has 1 amide bonds. The van der Waals surface area contributed by atoms with Gasteiger partial charge in [0.25, 0.3) is 0 Å². The highest BCUT2D eigenvalue weighted by atomic mass is 32.1. The van der Waals surface area contributed by atoms with Crippen molar-refractivity contribution in [3.8, 4) is 0 Å². The summed E-state index contributed by atoms with van der Waals surface area (Å²) in [7, 11) is 0. The number of piperazine rings is 1. The molecule has 2 aliphatic rings. The Morgan fingerprint density at radius 3 is 2.37 bits per heavy atom. The van der Waals surface area contributed by atoms with Crippen LogP contribution in [0.5, 0.6) is 0 Å². The molecule has 1 N–H and O–H groups in total. The van der Waals surface area contributed by atoms with Crippen molar-refractivity contribution >= 4 is 17.2 Å². The van der Waals surface area contributed by atoms with Crippen LogP contribution in [-0.4, -0.2) is 64.2 Å². The maximum Gasteiger partial charge on any atom is 0.424 e. The fraction of sp³-hybridized carbons (Fsp3) is 0.778. The fourth-order valence-corrected chi connectivity index (χ4v) is 4.87. The SMILES string of the molecule is Cc1csc(C(O)(CC(=O)N2CCN(C3CCCCC3)CC2)C(F)(F)F)n1. The van der Waals surface area contributed by atoms with Crippen molar-refractivity contribution in [1.82, 2.24) is 14.8 Å². The molecule has 1 aromatic heterocycles. The van der Waals surface area contributed by atoms with Gasteiger partial charge in [0.15, 0.2) is 0 Å². The molecule has 0 spiro atoms. The molecule has 5 nitrogen and oxygen atoms in total. The first-order chi connectivity index (χ1) is 12.7. The number of rotatable bonds is 4. The maximum absolute atomic E-state index is 13.6. The average molecular weight is 405 g/mol. The van der Waals surface area contributed by atoms with E-state index in [0.29, 0.717) is 37.9 Å². The Balaban J connectivity index is 1.63. The van der Waals surface area contributed by atoms with E-state index in [1.807, 2.05) is 0 Å². The molecule has 0 radical (unpaired) electrons. The third-order valence-electron chi connectivity index (χ3n) is 5.61. The van der Waals surface area contributed by atoms with Crippen LogP contribution >= 0.6 is 11.3 Å². The molecule has 1 aromatic rings. The number of aliphatic hydroxyl groups is 1. The third kappa shape index (κ3) is 4.46. The molecular weight excluding hydrogens is 379 g/mol. The molecule has 0 bridgehead atoms. The summed E-state index contributed by atoms with van der Waals surface area (Å²) in [6.45, 7) is 3.72. The Hall–Kier alpha value is -1.19. The Kier molecular flexibility index (Phi) is 6.12. The normalized spacial score (nSPS) is 22.6. The highest BCUT2D eigenvalue weighted by molar-refractivity contribution is 7.09. The van der Waals surface area contributed by atoms with Gasteiger partial charge in [0.2, 0.25) is 11.5 Å². The predicted octanol–water partition coefficient (Wildman–Crippen LogP) is 3.07. The zero-order valence-corrected chi connectivity index (χ0v) is 16.3. The van der Waals surface area contributed by atoms with Crippen molar-refractivity contribution in [2.75, 3.05) is 26.2 Å². The van der Waals surface area contributed by atoms with E-state index in [4.69, 9.17) is 0 Å². The summed E-state index contributed by atoms with van der Waals surface area (Å²) in [5.41, 5.74) is -2.84. The summed E-state index contributed by atoms with van der Waals surface area (Å²) < 4.78 is 40.7. The van der Waals surface area contributed by atoms with Crippen LogP contribution in [0.2, 0.25) is 0 Å². The van der Waals surface area contributed by atoms with Crippen LogP contribution in [0, 0.1) is 6.92 Å². The Bertz CT molecular complexity index is 653. The Labute approximate surface area is 161 Å². The van der Waals surface area contributed by atoms with E-state index in [0.717, 1.165) is 24.2 Å². The molecule has 2 heterocycles. The summed E-state index contributed by atoms with van der Waals surface area (Å²) >= 11 is 0.731. The second-order valence-corrected chi connectivity index (χ2v) is 8.40. The second-order valence-electron chi connectivity index (χ2n) is 7.54. The largest absolute Gasteiger partial charge is 0.424 e. The monoisotopic (exact) mass is 405 g/mol. The lowest BCUT2D eigenvalue weighted by Gasteiger charge is -2.41. The zero-order valence-electron chi connectivity index (χ0n) is 15.5. The summed E-state index contributed by atoms with van der Waals surface area (Å²) in [6, 6.07) is 0.529. The summed E-state index contributed by atoms with van der Waals surface area (Å²) in [6.07, 6.45) is 0.0343. The fourth-order valence-electron chi connectivity index (χ4n) is 3.95. The van der Waals surface area contributed by atoms with Crippen LogP contribution in [0.4, 0.5) is 13.2 Å². The molecular formula is C18H26F3N3O2S. The van der Waals surface area contributed by atoms with E-state index < -0.39 is 29.1 Å². The van der Waals surface area contributed by atoms with Gasteiger partial charge in [0, 0.05) is 43.3 Å². The van der Waals surface area contributed by atoms with Gasteiger partial charge in [-0.3, -0.25) is 9.69 Å². The number of amides is 1. The average Bonchev–Trinajstić information content (AvgIpc) is 3.08. The van der Waals surface area contributed by atoms with E-state index in [1.165, 1.54) is 29.5 Å². The van der Waals surface area contributed by atoms with E-state index in [2.05, 4.69) is 9.88 Å². The number of nitrogens with zero attached hydrogens (tertiary/aromatic N) is 3. The first-order valence-electron chi connectivity index (χ1n) is 9.44. The van der Waals surface area contributed by atoms with Gasteiger partial charge in [0.05, 0.1) is 6.42 Å². The van der Waals surface area contributed by atoms with Crippen LogP contribution in [0.3, 0.4) is 0 Å². The highest BCUT2D eigenvalue weighted by Crippen LogP contribution is 2.43. The number of hydrogen-bond acceptors (Lipinski definition) is 5. The summed E-state index contributed by atoms with van der Waals surface area (Å²) in [5, 5.41) is 11.3. The lowest BCUT2D eigenvalue weighted by Crippen LogP contribution is -2.54. The van der Waals surface area contributed by atoms with Gasteiger partial charge in [-0.2, -0.15) is 13.2 Å². The molecule has 1 unspecified atom stereocenters. The quantitative estimate of drug-likeness (QED) is 0.837. The third-order valence-corrected chi connectivity index (χ3v) is 6.72. The van der Waals surface area contributed by atoms with Crippen LogP contribution in [0.25, 0.3) is 0 Å². The minimum Gasteiger partial charge on any atom is -0.374 e. The van der Waals surface area contributed by atoms with E-state index in [9.17, 15) is 23.1 Å². The van der Waals surface area contributed by atoms with Gasteiger partial charge in [-0.25, -0.2) is 4.98 Å². The smallest absolute Gasteiger partial charge is 0.374 e. The number of carbonyl (C=O) groups is 1.